The molecule has 0 saturated carbocycles. The van der Waals surface area contributed by atoms with Crippen LogP contribution in [0.3, 0.4) is 0 Å². The molecular weight excluding hydrogens is 331 g/mol. The summed E-state index contributed by atoms with van der Waals surface area (Å²) < 4.78 is 27.2. The van der Waals surface area contributed by atoms with E-state index in [1.165, 1.54) is 29.5 Å². The highest BCUT2D eigenvalue weighted by Crippen LogP contribution is 2.35. The maximum atomic E-state index is 13.3. The summed E-state index contributed by atoms with van der Waals surface area (Å²) in [5, 5.41) is 0. The van der Waals surface area contributed by atoms with Crippen molar-refractivity contribution in [3.63, 3.8) is 0 Å². The number of hydrogen-bond donors (Lipinski definition) is 0. The first-order chi connectivity index (χ1) is 11.6. The number of halogens is 1. The first kappa shape index (κ1) is 14.9. The normalized spacial score (nSPS) is 14.2. The number of thiazole rings is 1. The summed E-state index contributed by atoms with van der Waals surface area (Å²) >= 11 is 1.37. The highest BCUT2D eigenvalue weighted by molar-refractivity contribution is 7.16. The molecule has 0 N–H and O–H groups in total. The number of aryl methyl sites for hydroxylation is 1. The van der Waals surface area contributed by atoms with E-state index in [1.807, 2.05) is 23.7 Å². The second kappa shape index (κ2) is 5.76. The Labute approximate surface area is 140 Å². The van der Waals surface area contributed by atoms with Crippen LogP contribution in [0.2, 0.25) is 0 Å². The Kier molecular flexibility index (Phi) is 3.57. The molecule has 2 heterocycles. The number of ether oxygens (including phenoxy) is 2. The number of nitrogens with zero attached hydrogens (tertiary/aromatic N) is 2. The van der Waals surface area contributed by atoms with Crippen LogP contribution >= 0.6 is 11.3 Å². The van der Waals surface area contributed by atoms with Crippen LogP contribution in [0.5, 0.6) is 11.5 Å². The molecule has 1 aliphatic rings. The molecule has 3 aromatic rings. The fourth-order valence-corrected chi connectivity index (χ4v) is 3.57. The van der Waals surface area contributed by atoms with Crippen molar-refractivity contribution in [3.05, 3.63) is 52.6 Å². The van der Waals surface area contributed by atoms with Crippen molar-refractivity contribution in [2.75, 3.05) is 13.2 Å². The minimum atomic E-state index is -0.478. The molecule has 4 rings (SSSR count). The SMILES string of the molecule is Cn1c(=NC(=O)c2cccc(F)c2)sc2cc3c(cc21)OCCO3. The smallest absolute Gasteiger partial charge is 0.279 e. The summed E-state index contributed by atoms with van der Waals surface area (Å²) in [4.78, 5) is 16.9. The molecule has 5 nitrogen and oxygen atoms in total. The van der Waals surface area contributed by atoms with E-state index >= 15 is 0 Å². The molecule has 0 radical (unpaired) electrons. The van der Waals surface area contributed by atoms with Gasteiger partial charge < -0.3 is 14.0 Å². The third-order valence-corrected chi connectivity index (χ3v) is 4.84. The van der Waals surface area contributed by atoms with E-state index < -0.39 is 11.7 Å². The molecule has 1 aliphatic heterocycles. The van der Waals surface area contributed by atoms with E-state index in [4.69, 9.17) is 9.47 Å². The molecule has 2 aromatic carbocycles. The van der Waals surface area contributed by atoms with Gasteiger partial charge in [-0.1, -0.05) is 17.4 Å². The average Bonchev–Trinajstić information content (AvgIpc) is 2.88. The van der Waals surface area contributed by atoms with Crippen molar-refractivity contribution in [2.24, 2.45) is 12.0 Å². The van der Waals surface area contributed by atoms with Crippen LogP contribution in [0.1, 0.15) is 10.4 Å². The molecule has 0 atom stereocenters. The first-order valence-electron chi connectivity index (χ1n) is 7.35. The van der Waals surface area contributed by atoms with Crippen LogP contribution in [0.4, 0.5) is 4.39 Å². The molecule has 1 amide bonds. The Bertz CT molecular complexity index is 1020. The number of benzene rings is 2. The molecule has 122 valence electrons. The zero-order valence-corrected chi connectivity index (χ0v) is 13.6. The fourth-order valence-electron chi connectivity index (χ4n) is 2.54. The van der Waals surface area contributed by atoms with Crippen LogP contribution < -0.4 is 14.3 Å². The van der Waals surface area contributed by atoms with Crippen molar-refractivity contribution in [2.45, 2.75) is 0 Å². The summed E-state index contributed by atoms with van der Waals surface area (Å²) in [6.07, 6.45) is 0. The topological polar surface area (TPSA) is 52.8 Å². The minimum Gasteiger partial charge on any atom is -0.486 e. The second-order valence-electron chi connectivity index (χ2n) is 5.33. The van der Waals surface area contributed by atoms with Crippen molar-refractivity contribution < 1.29 is 18.7 Å². The lowest BCUT2D eigenvalue weighted by atomic mass is 10.2. The number of rotatable bonds is 1. The van der Waals surface area contributed by atoms with E-state index in [-0.39, 0.29) is 5.56 Å². The lowest BCUT2D eigenvalue weighted by Gasteiger charge is -2.18. The van der Waals surface area contributed by atoms with Gasteiger partial charge in [0, 0.05) is 24.7 Å². The number of amides is 1. The molecular formula is C17H13FN2O3S. The summed E-state index contributed by atoms with van der Waals surface area (Å²) in [5.41, 5.74) is 1.12. The van der Waals surface area contributed by atoms with Crippen molar-refractivity contribution in [3.8, 4) is 11.5 Å². The quantitative estimate of drug-likeness (QED) is 0.682. The third-order valence-electron chi connectivity index (χ3n) is 3.74. The van der Waals surface area contributed by atoms with E-state index in [0.717, 1.165) is 10.2 Å². The van der Waals surface area contributed by atoms with Crippen molar-refractivity contribution >= 4 is 27.5 Å². The van der Waals surface area contributed by atoms with Gasteiger partial charge in [0.1, 0.15) is 19.0 Å². The number of aromatic nitrogens is 1. The van der Waals surface area contributed by atoms with Gasteiger partial charge in [-0.15, -0.1) is 0 Å². The van der Waals surface area contributed by atoms with E-state index in [2.05, 4.69) is 4.99 Å². The summed E-state index contributed by atoms with van der Waals surface area (Å²) in [7, 11) is 1.83. The molecule has 7 heteroatoms. The zero-order chi connectivity index (χ0) is 16.7. The van der Waals surface area contributed by atoms with Gasteiger partial charge >= 0.3 is 0 Å². The number of carbonyl (C=O) groups excluding carboxylic acids is 1. The molecule has 24 heavy (non-hydrogen) atoms. The van der Waals surface area contributed by atoms with Gasteiger partial charge in [-0.2, -0.15) is 4.99 Å². The number of fused-ring (bicyclic) bond motifs is 2. The van der Waals surface area contributed by atoms with Crippen molar-refractivity contribution in [1.29, 1.82) is 0 Å². The van der Waals surface area contributed by atoms with E-state index in [0.29, 0.717) is 29.5 Å². The minimum absolute atomic E-state index is 0.221. The standard InChI is InChI=1S/C17H13FN2O3S/c1-20-12-8-13-14(23-6-5-22-13)9-15(12)24-17(20)19-16(21)10-3-2-4-11(18)7-10/h2-4,7-9H,5-6H2,1H3. The molecule has 0 bridgehead atoms. The van der Waals surface area contributed by atoms with Gasteiger partial charge in [-0.05, 0) is 18.2 Å². The van der Waals surface area contributed by atoms with Crippen LogP contribution in [0.15, 0.2) is 41.4 Å². The van der Waals surface area contributed by atoms with Crippen molar-refractivity contribution in [1.82, 2.24) is 4.57 Å². The van der Waals surface area contributed by atoms with E-state index in [1.54, 1.807) is 6.07 Å². The Balaban J connectivity index is 1.82. The van der Waals surface area contributed by atoms with Gasteiger partial charge in [0.25, 0.3) is 5.91 Å². The second-order valence-corrected chi connectivity index (χ2v) is 6.34. The first-order valence-corrected chi connectivity index (χ1v) is 8.17. The van der Waals surface area contributed by atoms with E-state index in [9.17, 15) is 9.18 Å². The maximum Gasteiger partial charge on any atom is 0.279 e. The van der Waals surface area contributed by atoms with Crippen LogP contribution in [-0.4, -0.2) is 23.7 Å². The van der Waals surface area contributed by atoms with Crippen LogP contribution in [-0.2, 0) is 7.05 Å². The summed E-state index contributed by atoms with van der Waals surface area (Å²) in [6.45, 7) is 1.03. The fraction of sp³-hybridized carbons (Fsp3) is 0.176. The largest absolute Gasteiger partial charge is 0.486 e. The van der Waals surface area contributed by atoms with Gasteiger partial charge in [0.15, 0.2) is 16.3 Å². The Morgan fingerprint density at radius 1 is 1.21 bits per heavy atom. The molecule has 0 unspecified atom stereocenters. The monoisotopic (exact) mass is 344 g/mol. The van der Waals surface area contributed by atoms with Gasteiger partial charge in [-0.25, -0.2) is 4.39 Å². The lowest BCUT2D eigenvalue weighted by Crippen LogP contribution is -2.15. The van der Waals surface area contributed by atoms with Gasteiger partial charge in [0.2, 0.25) is 0 Å². The number of hydrogen-bond acceptors (Lipinski definition) is 4. The molecule has 0 spiro atoms. The van der Waals surface area contributed by atoms with Gasteiger partial charge in [-0.3, -0.25) is 4.79 Å². The van der Waals surface area contributed by atoms with Gasteiger partial charge in [0.05, 0.1) is 10.2 Å². The molecule has 0 fully saturated rings. The predicted octanol–water partition coefficient (Wildman–Crippen LogP) is 2.89. The summed E-state index contributed by atoms with van der Waals surface area (Å²) in [5.74, 6) is 0.441. The lowest BCUT2D eigenvalue weighted by molar-refractivity contribution is 0.0997. The summed E-state index contributed by atoms with van der Waals surface area (Å²) in [6, 6.07) is 9.28. The van der Waals surface area contributed by atoms with Crippen LogP contribution in [0.25, 0.3) is 10.2 Å². The maximum absolute atomic E-state index is 13.3. The zero-order valence-electron chi connectivity index (χ0n) is 12.8. The third kappa shape index (κ3) is 2.56. The molecule has 0 aliphatic carbocycles. The molecule has 1 aromatic heterocycles. The Morgan fingerprint density at radius 2 is 1.96 bits per heavy atom. The van der Waals surface area contributed by atoms with Crippen LogP contribution in [0, 0.1) is 5.82 Å². The highest BCUT2D eigenvalue weighted by atomic mass is 32.1. The Morgan fingerprint density at radius 3 is 2.71 bits per heavy atom. The molecule has 0 saturated heterocycles. The average molecular weight is 344 g/mol. The number of carbonyl (C=O) groups is 1. The Hall–Kier alpha value is -2.67. The highest BCUT2D eigenvalue weighted by Gasteiger charge is 2.15. The predicted molar refractivity (Wildman–Crippen MR) is 88.1 cm³/mol.